The number of allylic oxidation sites excluding steroid dienone is 5. The Hall–Kier alpha value is -4.52. The van der Waals surface area contributed by atoms with Gasteiger partial charge in [0.2, 0.25) is 0 Å². The van der Waals surface area contributed by atoms with E-state index in [9.17, 15) is 0 Å². The van der Waals surface area contributed by atoms with Gasteiger partial charge in [0.15, 0.2) is 0 Å². The standard InChI is InChI=1S/C28H22O2.5CO.W/c1-29-26(18-17-22-11-5-2-6-12-22)19-23-20-27(24-13-7-3-8-14-24)30-28(21-23)25-15-9-4-10-16-25;5*1-2;/h2-16,18-21H,1H3;;;;;;/b26-18+;;;;;;. The van der Waals surface area contributed by atoms with E-state index in [1.54, 1.807) is 7.11 Å². The molecular weight excluding hydrogens is 692 g/mol. The molecule has 0 aliphatic carbocycles. The molecule has 8 heteroatoms. The minimum absolute atomic E-state index is 0.804. The zero-order valence-electron chi connectivity index (χ0n) is 21.7. The average Bonchev–Trinajstić information content (AvgIpc) is 3.10. The molecule has 1 heterocycles. The summed E-state index contributed by atoms with van der Waals surface area (Å²) < 4.78 is 50.7. The van der Waals surface area contributed by atoms with E-state index in [1.807, 2.05) is 42.5 Å². The third-order valence-corrected chi connectivity index (χ3v) is 6.08. The number of rotatable bonds is 6. The second-order valence-electron chi connectivity index (χ2n) is 6.98. The fraction of sp³-hybridized carbons (Fsp3) is 0.0303. The molecule has 3 aromatic rings. The van der Waals surface area contributed by atoms with Crippen molar-refractivity contribution >= 4 is 15.4 Å². The molecule has 41 heavy (non-hydrogen) atoms. The van der Waals surface area contributed by atoms with Crippen molar-refractivity contribution in [3.8, 4) is 0 Å². The monoisotopic (exact) mass is 714 g/mol. The molecule has 0 spiro atoms. The molecule has 4 rings (SSSR count). The van der Waals surface area contributed by atoms with Gasteiger partial charge in [-0.15, -0.1) is 0 Å². The summed E-state index contributed by atoms with van der Waals surface area (Å²) in [5.41, 5.74) is 4.30. The van der Waals surface area contributed by atoms with Crippen LogP contribution in [0.15, 0.2) is 127 Å². The summed E-state index contributed by atoms with van der Waals surface area (Å²) in [6.07, 6.45) is 8.26. The normalized spacial score (nSPS) is 10.5. The second kappa shape index (κ2) is 25.7. The van der Waals surface area contributed by atoms with Crippen molar-refractivity contribution in [3.63, 3.8) is 0 Å². The Kier molecular flexibility index (Phi) is 24.2. The van der Waals surface area contributed by atoms with Crippen LogP contribution in [0.3, 0.4) is 0 Å². The molecule has 0 fully saturated rings. The number of hydrogen-bond donors (Lipinski definition) is 0. The van der Waals surface area contributed by atoms with Crippen molar-refractivity contribution in [2.24, 2.45) is 0 Å². The van der Waals surface area contributed by atoms with E-state index < -0.39 is 0 Å². The van der Waals surface area contributed by atoms with Crippen molar-refractivity contribution in [2.45, 2.75) is 0 Å². The van der Waals surface area contributed by atoms with Crippen molar-refractivity contribution in [3.05, 3.63) is 177 Å². The molecular formula is C33H22O7W. The zero-order chi connectivity index (χ0) is 31.5. The summed E-state index contributed by atoms with van der Waals surface area (Å²) in [5.74, 6) is 2.44. The topological polar surface area (TPSA) is 118 Å². The third kappa shape index (κ3) is 13.9. The van der Waals surface area contributed by atoms with Gasteiger partial charge in [-0.05, 0) is 0 Å². The Bertz CT molecular complexity index is 1320. The SMILES string of the molecule is CO/C(C=C1C=C(c2ccccc2)OC(c2ccccc2)=C1)=C/[C](=[W])c1ccccc1.[C-]#[O+].[C-]#[O+].[C-]#[O+].[C-]#[O+].[C-]#[O+]. The fourth-order valence-electron chi connectivity index (χ4n) is 3.23. The van der Waals surface area contributed by atoms with Crippen LogP contribution in [0.5, 0.6) is 0 Å². The molecule has 202 valence electrons. The Balaban J connectivity index is 0. The van der Waals surface area contributed by atoms with Gasteiger partial charge >= 0.3 is 251 Å². The maximum atomic E-state index is 7.50. The van der Waals surface area contributed by atoms with E-state index in [0.717, 1.165) is 34.0 Å². The molecule has 1 aliphatic heterocycles. The first-order chi connectivity index (χ1) is 20.2. The van der Waals surface area contributed by atoms with Crippen LogP contribution in [-0.4, -0.2) is 11.0 Å². The quantitative estimate of drug-likeness (QED) is 0.174. The molecule has 0 N–H and O–H groups in total. The summed E-state index contributed by atoms with van der Waals surface area (Å²) in [4.78, 5) is 0. The van der Waals surface area contributed by atoms with E-state index in [4.69, 9.17) is 32.7 Å². The van der Waals surface area contributed by atoms with E-state index in [-0.39, 0.29) is 0 Å². The fourth-order valence-corrected chi connectivity index (χ4v) is 4.14. The molecule has 0 saturated carbocycles. The van der Waals surface area contributed by atoms with Gasteiger partial charge in [-0.1, -0.05) is 0 Å². The summed E-state index contributed by atoms with van der Waals surface area (Å²) in [6.45, 7) is 22.5. The third-order valence-electron chi connectivity index (χ3n) is 4.81. The predicted molar refractivity (Wildman–Crippen MR) is 143 cm³/mol. The molecule has 7 nitrogen and oxygen atoms in total. The van der Waals surface area contributed by atoms with Crippen LogP contribution >= 0.6 is 0 Å². The van der Waals surface area contributed by atoms with Crippen LogP contribution in [0.1, 0.15) is 16.7 Å². The summed E-state index contributed by atoms with van der Waals surface area (Å²) >= 11 is 1.39. The van der Waals surface area contributed by atoms with Crippen LogP contribution in [0.4, 0.5) is 0 Å². The van der Waals surface area contributed by atoms with E-state index in [0.29, 0.717) is 0 Å². The molecule has 0 saturated heterocycles. The van der Waals surface area contributed by atoms with E-state index in [2.05, 4.69) is 106 Å². The number of methoxy groups -OCH3 is 1. The van der Waals surface area contributed by atoms with E-state index in [1.165, 1.54) is 28.8 Å². The first kappa shape index (κ1) is 38.6. The van der Waals surface area contributed by atoms with E-state index >= 15 is 0 Å². The van der Waals surface area contributed by atoms with Crippen molar-refractivity contribution in [2.75, 3.05) is 7.11 Å². The van der Waals surface area contributed by atoms with Crippen LogP contribution in [-0.2, 0) is 52.1 Å². The zero-order valence-corrected chi connectivity index (χ0v) is 24.7. The molecule has 0 aromatic heterocycles. The van der Waals surface area contributed by atoms with Crippen molar-refractivity contribution in [1.82, 2.24) is 0 Å². The summed E-state index contributed by atoms with van der Waals surface area (Å²) in [6, 6.07) is 30.7. The van der Waals surface area contributed by atoms with Crippen molar-refractivity contribution < 1.29 is 52.1 Å². The Morgan fingerprint density at radius 1 is 0.634 bits per heavy atom. The van der Waals surface area contributed by atoms with Gasteiger partial charge in [0, 0.05) is 0 Å². The summed E-state index contributed by atoms with van der Waals surface area (Å²) in [5, 5.41) is 0. The molecule has 1 aliphatic rings. The molecule has 0 unspecified atom stereocenters. The first-order valence-corrected chi connectivity index (χ1v) is 12.5. The van der Waals surface area contributed by atoms with Crippen LogP contribution < -0.4 is 0 Å². The predicted octanol–water partition coefficient (Wildman–Crippen LogP) is 6.14. The van der Waals surface area contributed by atoms with Gasteiger partial charge in [0.1, 0.15) is 0 Å². The number of hydrogen-bond acceptors (Lipinski definition) is 2. The van der Waals surface area contributed by atoms with Crippen molar-refractivity contribution in [1.29, 1.82) is 0 Å². The molecule has 0 atom stereocenters. The molecule has 0 radical (unpaired) electrons. The summed E-state index contributed by atoms with van der Waals surface area (Å²) in [7, 11) is 1.71. The second-order valence-corrected chi connectivity index (χ2v) is 8.56. The Morgan fingerprint density at radius 2 is 1.00 bits per heavy atom. The minimum atomic E-state index is 0.804. The Morgan fingerprint density at radius 3 is 1.37 bits per heavy atom. The van der Waals surface area contributed by atoms with Gasteiger partial charge in [-0.3, -0.25) is 0 Å². The molecule has 0 bridgehead atoms. The average molecular weight is 714 g/mol. The van der Waals surface area contributed by atoms with Gasteiger partial charge in [0.25, 0.3) is 0 Å². The van der Waals surface area contributed by atoms with Crippen LogP contribution in [0.2, 0.25) is 0 Å². The van der Waals surface area contributed by atoms with Crippen LogP contribution in [0.25, 0.3) is 11.5 Å². The Labute approximate surface area is 250 Å². The maximum absolute atomic E-state index is 7.50. The van der Waals surface area contributed by atoms with Crippen LogP contribution in [0, 0.1) is 33.3 Å². The first-order valence-electron chi connectivity index (χ1n) is 11.0. The van der Waals surface area contributed by atoms with Gasteiger partial charge in [-0.25, -0.2) is 0 Å². The van der Waals surface area contributed by atoms with Gasteiger partial charge < -0.3 is 0 Å². The molecule has 0 amide bonds. The molecule has 3 aromatic carbocycles. The van der Waals surface area contributed by atoms with Gasteiger partial charge in [-0.2, -0.15) is 0 Å². The van der Waals surface area contributed by atoms with Gasteiger partial charge in [0.05, 0.1) is 0 Å². The number of ether oxygens (including phenoxy) is 2. The number of benzene rings is 3.